The van der Waals surface area contributed by atoms with Crippen molar-refractivity contribution in [2.45, 2.75) is 32.7 Å². The Labute approximate surface area is 115 Å². The van der Waals surface area contributed by atoms with E-state index in [1.54, 1.807) is 12.0 Å². The summed E-state index contributed by atoms with van der Waals surface area (Å²) in [6, 6.07) is 7.40. The maximum atomic E-state index is 12.4. The summed E-state index contributed by atoms with van der Waals surface area (Å²) in [6.07, 6.45) is 1.45. The van der Waals surface area contributed by atoms with Gasteiger partial charge in [-0.15, -0.1) is 0 Å². The van der Waals surface area contributed by atoms with Crippen LogP contribution in [0.2, 0.25) is 0 Å². The van der Waals surface area contributed by atoms with Crippen LogP contribution in [-0.2, 0) is 9.53 Å². The Morgan fingerprint density at radius 2 is 2.11 bits per heavy atom. The Morgan fingerprint density at radius 1 is 1.42 bits per heavy atom. The second-order valence-electron chi connectivity index (χ2n) is 4.61. The van der Waals surface area contributed by atoms with Crippen LogP contribution in [0.5, 0.6) is 0 Å². The van der Waals surface area contributed by atoms with Crippen molar-refractivity contribution in [2.24, 2.45) is 5.73 Å². The number of para-hydroxylation sites is 1. The van der Waals surface area contributed by atoms with Gasteiger partial charge >= 0.3 is 0 Å². The van der Waals surface area contributed by atoms with Crippen LogP contribution in [0.1, 0.15) is 25.3 Å². The quantitative estimate of drug-likeness (QED) is 0.767. The van der Waals surface area contributed by atoms with Gasteiger partial charge in [0.2, 0.25) is 5.91 Å². The maximum absolute atomic E-state index is 12.4. The molecule has 0 radical (unpaired) electrons. The average Bonchev–Trinajstić information content (AvgIpc) is 2.41. The lowest BCUT2D eigenvalue weighted by atomic mass is 10.1. The number of carbonyl (C=O) groups excluding carboxylic acids is 1. The van der Waals surface area contributed by atoms with Gasteiger partial charge < -0.3 is 15.4 Å². The van der Waals surface area contributed by atoms with Gasteiger partial charge in [-0.1, -0.05) is 18.2 Å². The Hall–Kier alpha value is -1.39. The fourth-order valence-corrected chi connectivity index (χ4v) is 2.08. The average molecular weight is 264 g/mol. The van der Waals surface area contributed by atoms with Gasteiger partial charge in [0, 0.05) is 25.9 Å². The Bertz CT molecular complexity index is 407. The van der Waals surface area contributed by atoms with E-state index in [9.17, 15) is 4.79 Å². The van der Waals surface area contributed by atoms with Crippen LogP contribution in [-0.4, -0.2) is 32.2 Å². The number of likely N-dealkylation sites (N-methyl/N-ethyl adjacent to an activating group) is 1. The molecule has 0 aliphatic carbocycles. The summed E-state index contributed by atoms with van der Waals surface area (Å²) < 4.78 is 4.98. The van der Waals surface area contributed by atoms with Crippen molar-refractivity contribution in [3.8, 4) is 0 Å². The predicted molar refractivity (Wildman–Crippen MR) is 78.3 cm³/mol. The summed E-state index contributed by atoms with van der Waals surface area (Å²) in [5.74, 6) is -0.0205. The molecule has 0 saturated carbocycles. The molecule has 1 aromatic carbocycles. The van der Waals surface area contributed by atoms with Gasteiger partial charge in [0.05, 0.1) is 6.04 Å². The second-order valence-corrected chi connectivity index (χ2v) is 4.61. The van der Waals surface area contributed by atoms with Crippen molar-refractivity contribution in [1.82, 2.24) is 0 Å². The number of amides is 1. The molecule has 4 nitrogen and oxygen atoms in total. The molecule has 0 aliphatic rings. The molecule has 0 aromatic heterocycles. The maximum Gasteiger partial charge on any atom is 0.243 e. The summed E-state index contributed by atoms with van der Waals surface area (Å²) in [5, 5.41) is 0. The standard InChI is InChI=1S/C15H24N2O2/c1-4-17(14-10-6-5-8-12(14)2)15(18)13(16)9-7-11-19-3/h5-6,8,10,13H,4,7,9,11,16H2,1-3H3. The molecule has 0 saturated heterocycles. The van der Waals surface area contributed by atoms with E-state index < -0.39 is 6.04 Å². The van der Waals surface area contributed by atoms with Crippen molar-refractivity contribution in [1.29, 1.82) is 0 Å². The first-order valence-electron chi connectivity index (χ1n) is 6.73. The summed E-state index contributed by atoms with van der Waals surface area (Å²) >= 11 is 0. The van der Waals surface area contributed by atoms with E-state index in [-0.39, 0.29) is 5.91 Å². The minimum Gasteiger partial charge on any atom is -0.385 e. The van der Waals surface area contributed by atoms with Crippen molar-refractivity contribution in [3.05, 3.63) is 29.8 Å². The smallest absolute Gasteiger partial charge is 0.243 e. The summed E-state index contributed by atoms with van der Waals surface area (Å²) in [4.78, 5) is 14.1. The molecule has 19 heavy (non-hydrogen) atoms. The number of benzene rings is 1. The van der Waals surface area contributed by atoms with Crippen molar-refractivity contribution in [3.63, 3.8) is 0 Å². The van der Waals surface area contributed by atoms with Crippen molar-refractivity contribution in [2.75, 3.05) is 25.2 Å². The van der Waals surface area contributed by atoms with E-state index in [2.05, 4.69) is 0 Å². The first kappa shape index (κ1) is 15.7. The van der Waals surface area contributed by atoms with E-state index in [0.717, 1.165) is 17.7 Å². The van der Waals surface area contributed by atoms with Crippen LogP contribution < -0.4 is 10.6 Å². The van der Waals surface area contributed by atoms with Crippen molar-refractivity contribution < 1.29 is 9.53 Å². The van der Waals surface area contributed by atoms with Gasteiger partial charge in [0.25, 0.3) is 0 Å². The van der Waals surface area contributed by atoms with Gasteiger partial charge in [0.1, 0.15) is 0 Å². The molecule has 0 spiro atoms. The third kappa shape index (κ3) is 4.33. The summed E-state index contributed by atoms with van der Waals surface area (Å²) in [6.45, 7) is 5.23. The second kappa shape index (κ2) is 7.92. The number of carbonyl (C=O) groups is 1. The number of hydrogen-bond donors (Lipinski definition) is 1. The Morgan fingerprint density at radius 3 is 2.68 bits per heavy atom. The third-order valence-corrected chi connectivity index (χ3v) is 3.17. The molecule has 1 aromatic rings. The zero-order chi connectivity index (χ0) is 14.3. The lowest BCUT2D eigenvalue weighted by Crippen LogP contribution is -2.44. The van der Waals surface area contributed by atoms with Crippen LogP contribution in [0, 0.1) is 6.92 Å². The number of rotatable bonds is 7. The molecular weight excluding hydrogens is 240 g/mol. The molecule has 2 N–H and O–H groups in total. The lowest BCUT2D eigenvalue weighted by Gasteiger charge is -2.26. The summed E-state index contributed by atoms with van der Waals surface area (Å²) in [5.41, 5.74) is 8.00. The number of anilines is 1. The number of nitrogens with two attached hydrogens (primary N) is 1. The van der Waals surface area contributed by atoms with Crippen LogP contribution in [0.25, 0.3) is 0 Å². The van der Waals surface area contributed by atoms with E-state index >= 15 is 0 Å². The molecule has 0 bridgehead atoms. The third-order valence-electron chi connectivity index (χ3n) is 3.17. The molecule has 0 heterocycles. The zero-order valence-corrected chi connectivity index (χ0v) is 12.1. The highest BCUT2D eigenvalue weighted by atomic mass is 16.5. The largest absolute Gasteiger partial charge is 0.385 e. The van der Waals surface area contributed by atoms with E-state index in [1.165, 1.54) is 0 Å². The van der Waals surface area contributed by atoms with Crippen LogP contribution in [0.3, 0.4) is 0 Å². The minimum absolute atomic E-state index is 0.0205. The highest BCUT2D eigenvalue weighted by Crippen LogP contribution is 2.20. The number of ether oxygens (including phenoxy) is 1. The molecular formula is C15H24N2O2. The first-order valence-corrected chi connectivity index (χ1v) is 6.73. The fourth-order valence-electron chi connectivity index (χ4n) is 2.08. The Kier molecular flexibility index (Phi) is 6.53. The number of hydrogen-bond acceptors (Lipinski definition) is 3. The highest BCUT2D eigenvalue weighted by Gasteiger charge is 2.21. The van der Waals surface area contributed by atoms with Crippen LogP contribution >= 0.6 is 0 Å². The normalized spacial score (nSPS) is 12.2. The topological polar surface area (TPSA) is 55.6 Å². The first-order chi connectivity index (χ1) is 9.11. The van der Waals surface area contributed by atoms with E-state index in [0.29, 0.717) is 19.6 Å². The molecule has 1 rings (SSSR count). The van der Waals surface area contributed by atoms with Gasteiger partial charge in [-0.05, 0) is 38.3 Å². The molecule has 0 aliphatic heterocycles. The summed E-state index contributed by atoms with van der Waals surface area (Å²) in [7, 11) is 1.65. The van der Waals surface area contributed by atoms with E-state index in [1.807, 2.05) is 38.1 Å². The van der Waals surface area contributed by atoms with Gasteiger partial charge in [-0.3, -0.25) is 4.79 Å². The fraction of sp³-hybridized carbons (Fsp3) is 0.533. The predicted octanol–water partition coefficient (Wildman–Crippen LogP) is 2.10. The number of methoxy groups -OCH3 is 1. The molecule has 1 amide bonds. The molecule has 4 heteroatoms. The molecule has 1 atom stereocenters. The van der Waals surface area contributed by atoms with Gasteiger partial charge in [-0.2, -0.15) is 0 Å². The minimum atomic E-state index is -0.463. The SMILES string of the molecule is CCN(C(=O)C(N)CCCOC)c1ccccc1C. The zero-order valence-electron chi connectivity index (χ0n) is 12.1. The number of nitrogens with zero attached hydrogens (tertiary/aromatic N) is 1. The van der Waals surface area contributed by atoms with Crippen molar-refractivity contribution >= 4 is 11.6 Å². The molecule has 1 unspecified atom stereocenters. The highest BCUT2D eigenvalue weighted by molar-refractivity contribution is 5.97. The van der Waals surface area contributed by atoms with Crippen LogP contribution in [0.4, 0.5) is 5.69 Å². The monoisotopic (exact) mass is 264 g/mol. The van der Waals surface area contributed by atoms with E-state index in [4.69, 9.17) is 10.5 Å². The lowest BCUT2D eigenvalue weighted by molar-refractivity contribution is -0.120. The number of aryl methyl sites for hydroxylation is 1. The van der Waals surface area contributed by atoms with Gasteiger partial charge in [0.15, 0.2) is 0 Å². The van der Waals surface area contributed by atoms with Gasteiger partial charge in [-0.25, -0.2) is 0 Å². The van der Waals surface area contributed by atoms with Crippen LogP contribution in [0.15, 0.2) is 24.3 Å². The Balaban J connectivity index is 2.74. The molecule has 106 valence electrons. The molecule has 0 fully saturated rings.